The van der Waals surface area contributed by atoms with Crippen molar-refractivity contribution < 1.29 is 14.4 Å². The van der Waals surface area contributed by atoms with Gasteiger partial charge in [0.25, 0.3) is 0 Å². The largest absolute Gasteiger partial charge is 0.326 e. The topological polar surface area (TPSA) is 78.5 Å². The van der Waals surface area contributed by atoms with Gasteiger partial charge in [0.2, 0.25) is 17.7 Å². The lowest BCUT2D eigenvalue weighted by molar-refractivity contribution is -0.117. The van der Waals surface area contributed by atoms with Crippen molar-refractivity contribution in [1.29, 1.82) is 0 Å². The molecule has 2 N–H and O–H groups in total. The Hall–Kier alpha value is -3.15. The van der Waals surface area contributed by atoms with Crippen molar-refractivity contribution in [1.82, 2.24) is 0 Å². The molecule has 0 spiro atoms. The molecule has 0 fully saturated rings. The second-order valence-corrected chi connectivity index (χ2v) is 6.45. The van der Waals surface area contributed by atoms with E-state index < -0.39 is 0 Å². The maximum absolute atomic E-state index is 12.3. The van der Waals surface area contributed by atoms with E-state index >= 15 is 0 Å². The van der Waals surface area contributed by atoms with E-state index in [2.05, 4.69) is 10.6 Å². The van der Waals surface area contributed by atoms with Gasteiger partial charge in [-0.2, -0.15) is 0 Å². The average molecular weight is 367 g/mol. The molecule has 3 amide bonds. The lowest BCUT2D eigenvalue weighted by Gasteiger charge is -2.23. The Bertz CT molecular complexity index is 862. The summed E-state index contributed by atoms with van der Waals surface area (Å²) in [7, 11) is 0. The van der Waals surface area contributed by atoms with Crippen LogP contribution in [0.4, 0.5) is 17.1 Å². The SMILES string of the molecule is CC(=O)Nc1cccc(NC(=O)CCN(C(C)=O)c2cccc(C)c2C)c1. The number of hydrogen-bond donors (Lipinski definition) is 2. The summed E-state index contributed by atoms with van der Waals surface area (Å²) in [6.45, 7) is 7.17. The molecular weight excluding hydrogens is 342 g/mol. The van der Waals surface area contributed by atoms with Crippen molar-refractivity contribution in [2.75, 3.05) is 22.1 Å². The molecule has 2 aromatic carbocycles. The van der Waals surface area contributed by atoms with Gasteiger partial charge in [-0.3, -0.25) is 14.4 Å². The Balaban J connectivity index is 2.03. The van der Waals surface area contributed by atoms with Crippen LogP contribution in [0.5, 0.6) is 0 Å². The molecule has 2 aromatic rings. The predicted molar refractivity (Wildman–Crippen MR) is 108 cm³/mol. The zero-order chi connectivity index (χ0) is 20.0. The Morgan fingerprint density at radius 2 is 1.56 bits per heavy atom. The van der Waals surface area contributed by atoms with E-state index in [9.17, 15) is 14.4 Å². The van der Waals surface area contributed by atoms with Crippen LogP contribution in [0.2, 0.25) is 0 Å². The van der Waals surface area contributed by atoms with E-state index in [4.69, 9.17) is 0 Å². The van der Waals surface area contributed by atoms with Crippen LogP contribution in [0, 0.1) is 13.8 Å². The van der Waals surface area contributed by atoms with Crippen LogP contribution < -0.4 is 15.5 Å². The summed E-state index contributed by atoms with van der Waals surface area (Å²) in [5.74, 6) is -0.486. The lowest BCUT2D eigenvalue weighted by Crippen LogP contribution is -2.32. The van der Waals surface area contributed by atoms with Crippen molar-refractivity contribution >= 4 is 34.8 Å². The first-order chi connectivity index (χ1) is 12.8. The quantitative estimate of drug-likeness (QED) is 0.818. The highest BCUT2D eigenvalue weighted by Crippen LogP contribution is 2.23. The second kappa shape index (κ2) is 8.98. The minimum absolute atomic E-state index is 0.107. The molecule has 0 heterocycles. The van der Waals surface area contributed by atoms with Gasteiger partial charge in [-0.15, -0.1) is 0 Å². The standard InChI is InChI=1S/C21H25N3O3/c1-14-7-5-10-20(15(14)2)24(17(4)26)12-11-21(27)23-19-9-6-8-18(13-19)22-16(3)25/h5-10,13H,11-12H2,1-4H3,(H,22,25)(H,23,27). The summed E-state index contributed by atoms with van der Waals surface area (Å²) in [6, 6.07) is 12.7. The van der Waals surface area contributed by atoms with Gasteiger partial charge in [-0.05, 0) is 49.2 Å². The van der Waals surface area contributed by atoms with Gasteiger partial charge in [0.1, 0.15) is 0 Å². The van der Waals surface area contributed by atoms with Crippen LogP contribution >= 0.6 is 0 Å². The van der Waals surface area contributed by atoms with Crippen LogP contribution in [0.25, 0.3) is 0 Å². The monoisotopic (exact) mass is 367 g/mol. The molecule has 0 atom stereocenters. The molecular formula is C21H25N3O3. The normalized spacial score (nSPS) is 10.2. The third kappa shape index (κ3) is 5.67. The summed E-state index contributed by atoms with van der Waals surface area (Å²) < 4.78 is 0. The van der Waals surface area contributed by atoms with E-state index in [-0.39, 0.29) is 30.7 Å². The summed E-state index contributed by atoms with van der Waals surface area (Å²) in [5, 5.41) is 5.47. The van der Waals surface area contributed by atoms with Gasteiger partial charge < -0.3 is 15.5 Å². The molecule has 0 saturated heterocycles. The van der Waals surface area contributed by atoms with Gasteiger partial charge in [0.05, 0.1) is 0 Å². The molecule has 27 heavy (non-hydrogen) atoms. The number of carbonyl (C=O) groups excluding carboxylic acids is 3. The number of carbonyl (C=O) groups is 3. The fourth-order valence-electron chi connectivity index (χ4n) is 2.79. The first-order valence-corrected chi connectivity index (χ1v) is 8.79. The Morgan fingerprint density at radius 3 is 2.19 bits per heavy atom. The van der Waals surface area contributed by atoms with E-state index in [1.54, 1.807) is 29.2 Å². The van der Waals surface area contributed by atoms with E-state index in [0.29, 0.717) is 11.4 Å². The van der Waals surface area contributed by atoms with Crippen LogP contribution in [-0.4, -0.2) is 24.3 Å². The van der Waals surface area contributed by atoms with Crippen LogP contribution in [0.1, 0.15) is 31.4 Å². The summed E-state index contributed by atoms with van der Waals surface area (Å²) in [5.41, 5.74) is 4.14. The van der Waals surface area contributed by atoms with Crippen molar-refractivity contribution in [3.8, 4) is 0 Å². The Morgan fingerprint density at radius 1 is 0.926 bits per heavy atom. The molecule has 142 valence electrons. The molecule has 0 bridgehead atoms. The predicted octanol–water partition coefficient (Wildman–Crippen LogP) is 3.64. The molecule has 6 nitrogen and oxygen atoms in total. The number of nitrogens with zero attached hydrogens (tertiary/aromatic N) is 1. The fourth-order valence-corrected chi connectivity index (χ4v) is 2.79. The average Bonchev–Trinajstić information content (AvgIpc) is 2.58. The van der Waals surface area contributed by atoms with E-state index in [1.165, 1.54) is 13.8 Å². The fraction of sp³-hybridized carbons (Fsp3) is 0.286. The van der Waals surface area contributed by atoms with Gasteiger partial charge >= 0.3 is 0 Å². The zero-order valence-electron chi connectivity index (χ0n) is 16.1. The van der Waals surface area contributed by atoms with E-state index in [0.717, 1.165) is 16.8 Å². The van der Waals surface area contributed by atoms with Crippen molar-refractivity contribution in [3.63, 3.8) is 0 Å². The van der Waals surface area contributed by atoms with Crippen LogP contribution in [0.15, 0.2) is 42.5 Å². The van der Waals surface area contributed by atoms with Gasteiger partial charge in [-0.1, -0.05) is 18.2 Å². The van der Waals surface area contributed by atoms with Crippen molar-refractivity contribution in [2.24, 2.45) is 0 Å². The lowest BCUT2D eigenvalue weighted by atomic mass is 10.1. The maximum Gasteiger partial charge on any atom is 0.226 e. The van der Waals surface area contributed by atoms with Gasteiger partial charge in [0, 0.05) is 43.9 Å². The molecule has 0 saturated carbocycles. The zero-order valence-corrected chi connectivity index (χ0v) is 16.1. The highest BCUT2D eigenvalue weighted by molar-refractivity contribution is 5.96. The molecule has 0 aliphatic heterocycles. The number of amides is 3. The molecule has 0 aromatic heterocycles. The van der Waals surface area contributed by atoms with Crippen LogP contribution in [-0.2, 0) is 14.4 Å². The summed E-state index contributed by atoms with van der Waals surface area (Å²) >= 11 is 0. The number of hydrogen-bond acceptors (Lipinski definition) is 3. The molecule has 0 unspecified atom stereocenters. The Labute approximate surface area is 159 Å². The highest BCUT2D eigenvalue weighted by Gasteiger charge is 2.16. The van der Waals surface area contributed by atoms with Crippen LogP contribution in [0.3, 0.4) is 0 Å². The van der Waals surface area contributed by atoms with Gasteiger partial charge in [-0.25, -0.2) is 0 Å². The minimum Gasteiger partial charge on any atom is -0.326 e. The highest BCUT2D eigenvalue weighted by atomic mass is 16.2. The third-order valence-corrected chi connectivity index (χ3v) is 4.28. The first-order valence-electron chi connectivity index (χ1n) is 8.79. The molecule has 0 aliphatic carbocycles. The third-order valence-electron chi connectivity index (χ3n) is 4.28. The van der Waals surface area contributed by atoms with E-state index in [1.807, 2.05) is 32.0 Å². The first kappa shape index (κ1) is 20.2. The molecule has 0 radical (unpaired) electrons. The summed E-state index contributed by atoms with van der Waals surface area (Å²) in [4.78, 5) is 37.2. The van der Waals surface area contributed by atoms with Gasteiger partial charge in [0.15, 0.2) is 0 Å². The number of nitrogens with one attached hydrogen (secondary N) is 2. The Kier molecular flexibility index (Phi) is 6.71. The van der Waals surface area contributed by atoms with Crippen molar-refractivity contribution in [3.05, 3.63) is 53.6 Å². The number of rotatable bonds is 6. The molecule has 2 rings (SSSR count). The minimum atomic E-state index is -0.202. The number of aryl methyl sites for hydroxylation is 1. The summed E-state index contributed by atoms with van der Waals surface area (Å²) in [6.07, 6.45) is 0.164. The van der Waals surface area contributed by atoms with Crippen molar-refractivity contribution in [2.45, 2.75) is 34.1 Å². The number of benzene rings is 2. The molecule has 6 heteroatoms. The molecule has 0 aliphatic rings. The second-order valence-electron chi connectivity index (χ2n) is 6.45. The smallest absolute Gasteiger partial charge is 0.226 e. The maximum atomic E-state index is 12.3. The number of anilines is 3.